The number of esters is 1. The fraction of sp³-hybridized carbons (Fsp3) is 0.833. The molecule has 4 heteroatoms. The third-order valence-corrected chi connectivity index (χ3v) is 4.39. The van der Waals surface area contributed by atoms with Crippen molar-refractivity contribution in [1.29, 1.82) is 0 Å². The van der Waals surface area contributed by atoms with Gasteiger partial charge < -0.3 is 4.74 Å². The zero-order valence-corrected chi connectivity index (χ0v) is 10.8. The van der Waals surface area contributed by atoms with Crippen molar-refractivity contribution < 1.29 is 14.3 Å². The number of carbonyl (C=O) groups is 2. The highest BCUT2D eigenvalue weighted by atomic mass is 32.2. The summed E-state index contributed by atoms with van der Waals surface area (Å²) >= 11 is 1.30. The molecule has 2 aliphatic rings. The fourth-order valence-electron chi connectivity index (χ4n) is 2.68. The molecule has 90 valence electrons. The van der Waals surface area contributed by atoms with E-state index in [0.717, 1.165) is 12.2 Å². The van der Waals surface area contributed by atoms with Crippen molar-refractivity contribution in [2.75, 3.05) is 5.75 Å². The smallest absolute Gasteiger partial charge is 0.310 e. The lowest BCUT2D eigenvalue weighted by molar-refractivity contribution is -0.172. The van der Waals surface area contributed by atoms with Crippen LogP contribution in [0, 0.1) is 17.8 Å². The number of rotatable bonds is 3. The summed E-state index contributed by atoms with van der Waals surface area (Å²) in [5.41, 5.74) is -0.320. The van der Waals surface area contributed by atoms with Crippen LogP contribution in [0.5, 0.6) is 0 Å². The number of hydrogen-bond acceptors (Lipinski definition) is 4. The zero-order chi connectivity index (χ0) is 11.9. The van der Waals surface area contributed by atoms with Gasteiger partial charge in [-0.1, -0.05) is 18.7 Å². The van der Waals surface area contributed by atoms with Crippen LogP contribution in [0.4, 0.5) is 0 Å². The predicted molar refractivity (Wildman–Crippen MR) is 63.0 cm³/mol. The van der Waals surface area contributed by atoms with E-state index < -0.39 is 0 Å². The van der Waals surface area contributed by atoms with E-state index in [1.54, 1.807) is 0 Å². The highest BCUT2D eigenvalue weighted by Crippen LogP contribution is 2.56. The summed E-state index contributed by atoms with van der Waals surface area (Å²) in [6.07, 6.45) is 1.39. The predicted octanol–water partition coefficient (Wildman–Crippen LogP) is 2.24. The van der Waals surface area contributed by atoms with Gasteiger partial charge in [0.05, 0.1) is 5.92 Å². The van der Waals surface area contributed by atoms with Crippen molar-refractivity contribution in [2.45, 2.75) is 39.2 Å². The summed E-state index contributed by atoms with van der Waals surface area (Å²) in [4.78, 5) is 23.3. The molecule has 0 radical (unpaired) electrons. The summed E-state index contributed by atoms with van der Waals surface area (Å²) in [5, 5.41) is 0.120. The van der Waals surface area contributed by atoms with Gasteiger partial charge in [-0.15, -0.1) is 0 Å². The Balaban J connectivity index is 1.98. The first-order valence-electron chi connectivity index (χ1n) is 5.84. The average molecular weight is 242 g/mol. The molecule has 2 rings (SSSR count). The van der Waals surface area contributed by atoms with Crippen LogP contribution in [0.25, 0.3) is 0 Å². The average Bonchev–Trinajstić information content (AvgIpc) is 2.92. The minimum absolute atomic E-state index is 0.120. The molecule has 0 aromatic heterocycles. The van der Waals surface area contributed by atoms with E-state index in [-0.39, 0.29) is 22.6 Å². The molecule has 2 fully saturated rings. The van der Waals surface area contributed by atoms with Crippen LogP contribution in [-0.4, -0.2) is 22.4 Å². The van der Waals surface area contributed by atoms with Crippen molar-refractivity contribution in [1.82, 2.24) is 0 Å². The van der Waals surface area contributed by atoms with E-state index in [9.17, 15) is 9.59 Å². The van der Waals surface area contributed by atoms with Crippen LogP contribution in [0.2, 0.25) is 0 Å². The van der Waals surface area contributed by atoms with Crippen LogP contribution in [0.3, 0.4) is 0 Å². The van der Waals surface area contributed by atoms with Gasteiger partial charge in [-0.25, -0.2) is 0 Å². The van der Waals surface area contributed by atoms with E-state index in [1.165, 1.54) is 11.8 Å². The zero-order valence-electron chi connectivity index (χ0n) is 9.99. The Morgan fingerprint density at radius 2 is 2.25 bits per heavy atom. The van der Waals surface area contributed by atoms with Crippen molar-refractivity contribution >= 4 is 22.8 Å². The minimum atomic E-state index is -0.320. The standard InChI is InChI=1S/C12H18O3S/c1-4-16-10(13)6-8-7-5-9(7)12(2,3)15-11(8)14/h7-9H,4-6H2,1-3H3/t7?,8-,9?/m0/s1. The largest absolute Gasteiger partial charge is 0.459 e. The Morgan fingerprint density at radius 3 is 2.88 bits per heavy atom. The summed E-state index contributed by atoms with van der Waals surface area (Å²) in [5.74, 6) is 1.28. The fourth-order valence-corrected chi connectivity index (χ4v) is 3.30. The maximum Gasteiger partial charge on any atom is 0.310 e. The molecule has 1 saturated heterocycles. The number of thioether (sulfide) groups is 1. The second-order valence-corrected chi connectivity index (χ2v) is 6.47. The summed E-state index contributed by atoms with van der Waals surface area (Å²) in [6, 6.07) is 0. The number of carbonyl (C=O) groups excluding carboxylic acids is 2. The summed E-state index contributed by atoms with van der Waals surface area (Å²) < 4.78 is 5.42. The molecule has 0 aromatic rings. The van der Waals surface area contributed by atoms with Gasteiger partial charge in [0.2, 0.25) is 0 Å². The maximum absolute atomic E-state index is 11.8. The van der Waals surface area contributed by atoms with Crippen LogP contribution in [0.15, 0.2) is 0 Å². The summed E-state index contributed by atoms with van der Waals surface area (Å²) in [7, 11) is 0. The van der Waals surface area contributed by atoms with Crippen LogP contribution < -0.4 is 0 Å². The first-order valence-corrected chi connectivity index (χ1v) is 6.82. The first kappa shape index (κ1) is 12.0. The Morgan fingerprint density at radius 1 is 1.56 bits per heavy atom. The molecule has 0 N–H and O–H groups in total. The maximum atomic E-state index is 11.8. The molecule has 3 atom stereocenters. The quantitative estimate of drug-likeness (QED) is 0.712. The van der Waals surface area contributed by atoms with Gasteiger partial charge in [-0.2, -0.15) is 0 Å². The Bertz CT molecular complexity index is 324. The lowest BCUT2D eigenvalue weighted by atomic mass is 9.89. The molecule has 0 amide bonds. The molecule has 1 aliphatic heterocycles. The van der Waals surface area contributed by atoms with Gasteiger partial charge in [-0.3, -0.25) is 9.59 Å². The van der Waals surface area contributed by atoms with Crippen molar-refractivity contribution in [3.05, 3.63) is 0 Å². The van der Waals surface area contributed by atoms with Gasteiger partial charge in [0, 0.05) is 12.3 Å². The molecule has 1 heterocycles. The van der Waals surface area contributed by atoms with Crippen molar-refractivity contribution in [2.24, 2.45) is 17.8 Å². The van der Waals surface area contributed by atoms with Gasteiger partial charge in [0.1, 0.15) is 5.60 Å². The second-order valence-electron chi connectivity index (χ2n) is 5.15. The first-order chi connectivity index (χ1) is 7.45. The van der Waals surface area contributed by atoms with E-state index in [2.05, 4.69) is 0 Å². The van der Waals surface area contributed by atoms with Gasteiger partial charge in [0.25, 0.3) is 0 Å². The van der Waals surface area contributed by atoms with Crippen molar-refractivity contribution in [3.63, 3.8) is 0 Å². The van der Waals surface area contributed by atoms with E-state index in [1.807, 2.05) is 20.8 Å². The summed E-state index contributed by atoms with van der Waals surface area (Å²) in [6.45, 7) is 5.88. The number of cyclic esters (lactones) is 1. The minimum Gasteiger partial charge on any atom is -0.459 e. The van der Waals surface area contributed by atoms with E-state index in [4.69, 9.17) is 4.74 Å². The molecule has 16 heavy (non-hydrogen) atoms. The SMILES string of the molecule is CCSC(=O)C[C@@H]1C(=O)OC(C)(C)C2CC21. The molecule has 1 aliphatic carbocycles. The van der Waals surface area contributed by atoms with Gasteiger partial charge >= 0.3 is 5.97 Å². The molecule has 3 nitrogen and oxygen atoms in total. The lowest BCUT2D eigenvalue weighted by Crippen LogP contribution is -2.40. The molecule has 0 spiro atoms. The molecule has 2 unspecified atom stereocenters. The molecule has 0 bridgehead atoms. The second kappa shape index (κ2) is 4.06. The number of ether oxygens (including phenoxy) is 1. The molecular formula is C12H18O3S. The molecule has 0 aromatic carbocycles. The Kier molecular flexibility index (Phi) is 3.03. The Labute approximate surface area is 100 Å². The van der Waals surface area contributed by atoms with Crippen LogP contribution in [0.1, 0.15) is 33.6 Å². The Hall–Kier alpha value is -0.510. The van der Waals surface area contributed by atoms with E-state index in [0.29, 0.717) is 18.3 Å². The third-order valence-electron chi connectivity index (χ3n) is 3.61. The normalized spacial score (nSPS) is 35.2. The van der Waals surface area contributed by atoms with Crippen LogP contribution in [-0.2, 0) is 14.3 Å². The molecule has 1 saturated carbocycles. The number of fused-ring (bicyclic) bond motifs is 1. The number of hydrogen-bond donors (Lipinski definition) is 0. The third kappa shape index (κ3) is 2.12. The van der Waals surface area contributed by atoms with Gasteiger partial charge in [-0.05, 0) is 31.9 Å². The highest BCUT2D eigenvalue weighted by Gasteiger charge is 2.59. The van der Waals surface area contributed by atoms with Crippen LogP contribution >= 0.6 is 11.8 Å². The van der Waals surface area contributed by atoms with Gasteiger partial charge in [0.15, 0.2) is 5.12 Å². The highest BCUT2D eigenvalue weighted by molar-refractivity contribution is 8.13. The lowest BCUT2D eigenvalue weighted by Gasteiger charge is -2.33. The van der Waals surface area contributed by atoms with E-state index >= 15 is 0 Å². The topological polar surface area (TPSA) is 43.4 Å². The molecular weight excluding hydrogens is 224 g/mol. The monoisotopic (exact) mass is 242 g/mol. The van der Waals surface area contributed by atoms with Crippen molar-refractivity contribution in [3.8, 4) is 0 Å².